The van der Waals surface area contributed by atoms with E-state index < -0.39 is 16.1 Å². The summed E-state index contributed by atoms with van der Waals surface area (Å²) < 4.78 is 36.9. The maximum atomic E-state index is 13.7. The molecule has 9 heteroatoms. The first-order valence-corrected chi connectivity index (χ1v) is 13.2. The van der Waals surface area contributed by atoms with Gasteiger partial charge >= 0.3 is 0 Å². The minimum absolute atomic E-state index is 0.117. The molecule has 7 nitrogen and oxygen atoms in total. The van der Waals surface area contributed by atoms with Crippen molar-refractivity contribution in [2.75, 3.05) is 18.0 Å². The molecule has 0 N–H and O–H groups in total. The SMILES string of the molecule is CCCN(C(=O)[C@H]1CCCN1S(=O)(=O)c1cccc2nsnc12)c1ccc(C(C)C)cc1. The Morgan fingerprint density at radius 1 is 1.19 bits per heavy atom. The lowest BCUT2D eigenvalue weighted by atomic mass is 10.0. The molecular weight excluding hydrogens is 444 g/mol. The van der Waals surface area contributed by atoms with Crippen LogP contribution in [0.4, 0.5) is 5.69 Å². The van der Waals surface area contributed by atoms with Crippen LogP contribution in [0.15, 0.2) is 47.4 Å². The predicted octanol–water partition coefficient (Wildman–Crippen LogP) is 4.41. The first-order valence-electron chi connectivity index (χ1n) is 11.0. The van der Waals surface area contributed by atoms with Gasteiger partial charge in [0.1, 0.15) is 22.0 Å². The number of carbonyl (C=O) groups is 1. The molecule has 1 aromatic heterocycles. The highest BCUT2D eigenvalue weighted by Gasteiger charge is 2.42. The highest BCUT2D eigenvalue weighted by atomic mass is 32.2. The second kappa shape index (κ2) is 9.25. The third kappa shape index (κ3) is 4.16. The molecule has 1 saturated heterocycles. The molecule has 0 radical (unpaired) electrons. The zero-order chi connectivity index (χ0) is 22.9. The number of fused-ring (bicyclic) bond motifs is 1. The van der Waals surface area contributed by atoms with Gasteiger partial charge in [0.05, 0.1) is 11.7 Å². The molecule has 0 aliphatic carbocycles. The van der Waals surface area contributed by atoms with Gasteiger partial charge in [-0.25, -0.2) is 8.42 Å². The van der Waals surface area contributed by atoms with Crippen LogP contribution in [-0.4, -0.2) is 46.5 Å². The van der Waals surface area contributed by atoms with Gasteiger partial charge < -0.3 is 4.90 Å². The first-order chi connectivity index (χ1) is 15.3. The highest BCUT2D eigenvalue weighted by molar-refractivity contribution is 7.89. The van der Waals surface area contributed by atoms with Crippen molar-refractivity contribution in [3.63, 3.8) is 0 Å². The summed E-state index contributed by atoms with van der Waals surface area (Å²) in [6.07, 6.45) is 1.93. The van der Waals surface area contributed by atoms with Gasteiger partial charge in [-0.15, -0.1) is 0 Å². The van der Waals surface area contributed by atoms with E-state index in [0.29, 0.717) is 42.9 Å². The number of rotatable bonds is 7. The van der Waals surface area contributed by atoms with E-state index in [1.807, 2.05) is 31.2 Å². The van der Waals surface area contributed by atoms with E-state index >= 15 is 0 Å². The van der Waals surface area contributed by atoms with E-state index in [9.17, 15) is 13.2 Å². The number of anilines is 1. The molecule has 1 amide bonds. The van der Waals surface area contributed by atoms with Gasteiger partial charge in [0.25, 0.3) is 0 Å². The minimum Gasteiger partial charge on any atom is -0.311 e. The molecule has 1 aliphatic heterocycles. The second-order valence-electron chi connectivity index (χ2n) is 8.40. The second-order valence-corrected chi connectivity index (χ2v) is 10.8. The van der Waals surface area contributed by atoms with Gasteiger partial charge in [0.15, 0.2) is 0 Å². The Morgan fingerprint density at radius 2 is 1.94 bits per heavy atom. The largest absolute Gasteiger partial charge is 0.311 e. The van der Waals surface area contributed by atoms with E-state index in [1.165, 1.54) is 9.87 Å². The fourth-order valence-corrected chi connectivity index (χ4v) is 6.60. The summed E-state index contributed by atoms with van der Waals surface area (Å²) in [6, 6.07) is 12.2. The summed E-state index contributed by atoms with van der Waals surface area (Å²) in [5.41, 5.74) is 2.92. The third-order valence-electron chi connectivity index (χ3n) is 5.91. The van der Waals surface area contributed by atoms with Crippen LogP contribution in [0.3, 0.4) is 0 Å². The normalized spacial score (nSPS) is 17.3. The predicted molar refractivity (Wildman–Crippen MR) is 128 cm³/mol. The lowest BCUT2D eigenvalue weighted by Gasteiger charge is -2.30. The maximum absolute atomic E-state index is 13.7. The molecule has 1 atom stereocenters. The molecule has 4 rings (SSSR count). The number of hydrogen-bond acceptors (Lipinski definition) is 6. The Bertz CT molecular complexity index is 1210. The van der Waals surface area contributed by atoms with Gasteiger partial charge in [-0.05, 0) is 55.0 Å². The summed E-state index contributed by atoms with van der Waals surface area (Å²) in [6.45, 7) is 7.13. The fourth-order valence-electron chi connectivity index (χ4n) is 4.20. The monoisotopic (exact) mass is 472 g/mol. The average Bonchev–Trinajstić information content (AvgIpc) is 3.46. The molecule has 0 saturated carbocycles. The van der Waals surface area contributed by atoms with E-state index in [2.05, 4.69) is 22.6 Å². The molecular formula is C23H28N4O3S2. The molecule has 32 heavy (non-hydrogen) atoms. The summed E-state index contributed by atoms with van der Waals surface area (Å²) in [5.74, 6) is 0.228. The zero-order valence-corrected chi connectivity index (χ0v) is 20.2. The Kier molecular flexibility index (Phi) is 6.60. The van der Waals surface area contributed by atoms with Crippen LogP contribution < -0.4 is 4.90 Å². The highest BCUT2D eigenvalue weighted by Crippen LogP contribution is 2.32. The van der Waals surface area contributed by atoms with Gasteiger partial charge in [-0.3, -0.25) is 4.79 Å². The van der Waals surface area contributed by atoms with Crippen molar-refractivity contribution in [2.45, 2.75) is 56.9 Å². The van der Waals surface area contributed by atoms with Gasteiger partial charge in [-0.1, -0.05) is 39.0 Å². The maximum Gasteiger partial charge on any atom is 0.246 e. The van der Waals surface area contributed by atoms with Crippen molar-refractivity contribution < 1.29 is 13.2 Å². The Morgan fingerprint density at radius 3 is 2.62 bits per heavy atom. The van der Waals surface area contributed by atoms with Gasteiger partial charge in [-0.2, -0.15) is 13.1 Å². The Hall–Kier alpha value is -2.36. The number of sulfonamides is 1. The Labute approximate surface area is 193 Å². The summed E-state index contributed by atoms with van der Waals surface area (Å²) in [4.78, 5) is 15.5. The fraction of sp³-hybridized carbons (Fsp3) is 0.435. The van der Waals surface area contributed by atoms with Crippen LogP contribution in [0, 0.1) is 0 Å². The van der Waals surface area contributed by atoms with Gasteiger partial charge in [0.2, 0.25) is 15.9 Å². The third-order valence-corrected chi connectivity index (χ3v) is 8.39. The number of amides is 1. The van der Waals surface area contributed by atoms with Crippen molar-refractivity contribution >= 4 is 44.4 Å². The standard InChI is InChI=1S/C23H28N4O3S2/c1-4-14-26(18-12-10-17(11-13-18)16(2)3)23(28)20-8-6-15-27(20)32(29,30)21-9-5-7-19-22(21)25-31-24-19/h5,7,9-13,16,20H,4,6,8,14-15H2,1-3H3/t20-/m1/s1. The smallest absolute Gasteiger partial charge is 0.246 e. The van der Waals surface area contributed by atoms with Crippen LogP contribution in [0.25, 0.3) is 11.0 Å². The van der Waals surface area contributed by atoms with E-state index in [-0.39, 0.29) is 10.8 Å². The molecule has 1 fully saturated rings. The van der Waals surface area contributed by atoms with E-state index in [1.54, 1.807) is 23.1 Å². The average molecular weight is 473 g/mol. The quantitative estimate of drug-likeness (QED) is 0.509. The minimum atomic E-state index is -3.89. The van der Waals surface area contributed by atoms with Crippen molar-refractivity contribution in [3.05, 3.63) is 48.0 Å². The van der Waals surface area contributed by atoms with Crippen LogP contribution >= 0.6 is 11.7 Å². The molecule has 2 aromatic carbocycles. The Balaban J connectivity index is 1.66. The number of benzene rings is 2. The summed E-state index contributed by atoms with van der Waals surface area (Å²) >= 11 is 0.986. The summed E-state index contributed by atoms with van der Waals surface area (Å²) in [7, 11) is -3.89. The number of hydrogen-bond donors (Lipinski definition) is 0. The van der Waals surface area contributed by atoms with Crippen LogP contribution in [0.1, 0.15) is 51.5 Å². The van der Waals surface area contributed by atoms with Crippen LogP contribution in [-0.2, 0) is 14.8 Å². The molecule has 170 valence electrons. The van der Waals surface area contributed by atoms with E-state index in [4.69, 9.17) is 0 Å². The molecule has 3 aromatic rings. The van der Waals surface area contributed by atoms with Crippen molar-refractivity contribution in [1.82, 2.24) is 13.1 Å². The molecule has 0 unspecified atom stereocenters. The van der Waals surface area contributed by atoms with Crippen LogP contribution in [0.2, 0.25) is 0 Å². The number of nitrogens with zero attached hydrogens (tertiary/aromatic N) is 4. The zero-order valence-electron chi connectivity index (χ0n) is 18.6. The molecule has 1 aliphatic rings. The van der Waals surface area contributed by atoms with Crippen LogP contribution in [0.5, 0.6) is 0 Å². The topological polar surface area (TPSA) is 83.5 Å². The van der Waals surface area contributed by atoms with Gasteiger partial charge in [0, 0.05) is 18.8 Å². The summed E-state index contributed by atoms with van der Waals surface area (Å²) in [5, 5.41) is 0. The molecule has 2 heterocycles. The lowest BCUT2D eigenvalue weighted by molar-refractivity contribution is -0.121. The molecule has 0 spiro atoms. The van der Waals surface area contributed by atoms with Crippen molar-refractivity contribution in [1.29, 1.82) is 0 Å². The number of aromatic nitrogens is 2. The molecule has 0 bridgehead atoms. The van der Waals surface area contributed by atoms with Crippen molar-refractivity contribution in [2.24, 2.45) is 0 Å². The lowest BCUT2D eigenvalue weighted by Crippen LogP contribution is -2.48. The first kappa shape index (κ1) is 22.8. The van der Waals surface area contributed by atoms with Crippen molar-refractivity contribution in [3.8, 4) is 0 Å². The number of carbonyl (C=O) groups excluding carboxylic acids is 1. The van der Waals surface area contributed by atoms with E-state index in [0.717, 1.165) is 23.8 Å².